The van der Waals surface area contributed by atoms with Crippen molar-refractivity contribution in [2.45, 2.75) is 13.0 Å². The van der Waals surface area contributed by atoms with E-state index in [2.05, 4.69) is 0 Å². The second kappa shape index (κ2) is 5.17. The Kier molecular flexibility index (Phi) is 3.36. The van der Waals surface area contributed by atoms with E-state index in [0.29, 0.717) is 18.8 Å². The minimum Gasteiger partial charge on any atom is -0.487 e. The highest BCUT2D eigenvalue weighted by Crippen LogP contribution is 2.38. The summed E-state index contributed by atoms with van der Waals surface area (Å²) in [7, 11) is 0. The number of thiophene rings is 1. The zero-order valence-electron chi connectivity index (χ0n) is 11.2. The summed E-state index contributed by atoms with van der Waals surface area (Å²) in [6.45, 7) is 2.99. The van der Waals surface area contributed by atoms with Crippen LogP contribution in [-0.2, 0) is 0 Å². The molecule has 3 rings (SSSR count). The Bertz CT molecular complexity index is 625. The Morgan fingerprint density at radius 1 is 1.45 bits per heavy atom. The SMILES string of the molecule is CC1CN(CC(=O)c2cccs2)c2c(N)cccc2O1. The number of nitrogens with zero attached hydrogens (tertiary/aromatic N) is 1. The number of nitrogens with two attached hydrogens (primary N) is 1. The smallest absolute Gasteiger partial charge is 0.191 e. The van der Waals surface area contributed by atoms with Gasteiger partial charge in [0.1, 0.15) is 17.5 Å². The van der Waals surface area contributed by atoms with Crippen LogP contribution in [-0.4, -0.2) is 25.0 Å². The lowest BCUT2D eigenvalue weighted by atomic mass is 10.1. The molecule has 2 N–H and O–H groups in total. The predicted molar refractivity (Wildman–Crippen MR) is 81.8 cm³/mol. The number of Topliss-reactive ketones (excluding diaryl/α,β-unsaturated/α-hetero) is 1. The first kappa shape index (κ1) is 13.0. The van der Waals surface area contributed by atoms with Crippen molar-refractivity contribution in [2.24, 2.45) is 0 Å². The number of nitrogen functional groups attached to an aromatic ring is 1. The van der Waals surface area contributed by atoms with E-state index in [1.165, 1.54) is 11.3 Å². The van der Waals surface area contributed by atoms with Gasteiger partial charge in [-0.05, 0) is 30.5 Å². The largest absolute Gasteiger partial charge is 0.487 e. The van der Waals surface area contributed by atoms with Gasteiger partial charge in [0.25, 0.3) is 0 Å². The molecule has 2 heterocycles. The lowest BCUT2D eigenvalue weighted by Crippen LogP contribution is -2.41. The molecular formula is C15H16N2O2S. The predicted octanol–water partition coefficient (Wildman–Crippen LogP) is 2.80. The Morgan fingerprint density at radius 2 is 2.30 bits per heavy atom. The fourth-order valence-corrected chi connectivity index (χ4v) is 3.12. The molecule has 1 aromatic heterocycles. The molecule has 0 saturated heterocycles. The van der Waals surface area contributed by atoms with E-state index in [9.17, 15) is 4.79 Å². The number of fused-ring (bicyclic) bond motifs is 1. The summed E-state index contributed by atoms with van der Waals surface area (Å²) < 4.78 is 5.78. The molecule has 0 spiro atoms. The van der Waals surface area contributed by atoms with Crippen molar-refractivity contribution < 1.29 is 9.53 Å². The second-order valence-corrected chi connectivity index (χ2v) is 5.85. The second-order valence-electron chi connectivity index (χ2n) is 4.90. The van der Waals surface area contributed by atoms with Gasteiger partial charge in [-0.25, -0.2) is 0 Å². The van der Waals surface area contributed by atoms with E-state index >= 15 is 0 Å². The lowest BCUT2D eigenvalue weighted by molar-refractivity contribution is 0.0998. The molecule has 1 atom stereocenters. The molecule has 1 unspecified atom stereocenters. The van der Waals surface area contributed by atoms with Crippen LogP contribution in [0.25, 0.3) is 0 Å². The van der Waals surface area contributed by atoms with Crippen LogP contribution in [0, 0.1) is 0 Å². The third kappa shape index (κ3) is 2.36. The third-order valence-corrected chi connectivity index (χ3v) is 4.19. The Labute approximate surface area is 121 Å². The molecule has 0 bridgehead atoms. The fourth-order valence-electron chi connectivity index (χ4n) is 2.46. The minimum absolute atomic E-state index is 0.0421. The molecule has 4 nitrogen and oxygen atoms in total. The lowest BCUT2D eigenvalue weighted by Gasteiger charge is -2.35. The molecule has 0 saturated carbocycles. The first-order chi connectivity index (χ1) is 9.65. The molecule has 0 radical (unpaired) electrons. The molecule has 104 valence electrons. The average molecular weight is 288 g/mol. The normalized spacial score (nSPS) is 17.4. The van der Waals surface area contributed by atoms with Gasteiger partial charge in [-0.15, -0.1) is 11.3 Å². The molecular weight excluding hydrogens is 272 g/mol. The number of hydrogen-bond acceptors (Lipinski definition) is 5. The van der Waals surface area contributed by atoms with Gasteiger partial charge in [0, 0.05) is 0 Å². The quantitative estimate of drug-likeness (QED) is 0.697. The van der Waals surface area contributed by atoms with Crippen molar-refractivity contribution in [3.8, 4) is 5.75 Å². The Morgan fingerprint density at radius 3 is 3.05 bits per heavy atom. The van der Waals surface area contributed by atoms with Gasteiger partial charge < -0.3 is 15.4 Å². The zero-order chi connectivity index (χ0) is 14.1. The van der Waals surface area contributed by atoms with Crippen molar-refractivity contribution in [3.63, 3.8) is 0 Å². The van der Waals surface area contributed by atoms with E-state index in [1.807, 2.05) is 47.5 Å². The number of carbonyl (C=O) groups is 1. The van der Waals surface area contributed by atoms with Crippen LogP contribution in [0.3, 0.4) is 0 Å². The Hall–Kier alpha value is -2.01. The topological polar surface area (TPSA) is 55.6 Å². The fraction of sp³-hybridized carbons (Fsp3) is 0.267. The van der Waals surface area contributed by atoms with Crippen molar-refractivity contribution in [1.82, 2.24) is 0 Å². The summed E-state index contributed by atoms with van der Waals surface area (Å²) in [5, 5.41) is 1.91. The standard InChI is InChI=1S/C15H16N2O2S/c1-10-8-17(9-12(18)14-6-3-7-20-14)15-11(16)4-2-5-13(15)19-10/h2-7,10H,8-9,16H2,1H3. The van der Waals surface area contributed by atoms with Crippen LogP contribution in [0.1, 0.15) is 16.6 Å². The maximum Gasteiger partial charge on any atom is 0.191 e. The number of ether oxygens (including phenoxy) is 1. The summed E-state index contributed by atoms with van der Waals surface area (Å²) in [5.74, 6) is 0.867. The van der Waals surface area contributed by atoms with Crippen molar-refractivity contribution in [2.75, 3.05) is 23.7 Å². The van der Waals surface area contributed by atoms with Gasteiger partial charge in [0.2, 0.25) is 0 Å². The summed E-state index contributed by atoms with van der Waals surface area (Å²) in [6.07, 6.45) is 0.0421. The van der Waals surface area contributed by atoms with Crippen LogP contribution in [0.5, 0.6) is 5.75 Å². The van der Waals surface area contributed by atoms with Crippen molar-refractivity contribution >= 4 is 28.5 Å². The van der Waals surface area contributed by atoms with Gasteiger partial charge >= 0.3 is 0 Å². The molecule has 5 heteroatoms. The van der Waals surface area contributed by atoms with Gasteiger partial charge in [-0.1, -0.05) is 12.1 Å². The maximum atomic E-state index is 12.3. The van der Waals surface area contributed by atoms with E-state index in [1.54, 1.807) is 0 Å². The number of benzene rings is 1. The van der Waals surface area contributed by atoms with Crippen LogP contribution in [0.2, 0.25) is 0 Å². The van der Waals surface area contributed by atoms with Crippen molar-refractivity contribution in [3.05, 3.63) is 40.6 Å². The molecule has 2 aromatic rings. The molecule has 1 aliphatic heterocycles. The first-order valence-electron chi connectivity index (χ1n) is 6.52. The number of rotatable bonds is 3. The van der Waals surface area contributed by atoms with E-state index in [4.69, 9.17) is 10.5 Å². The van der Waals surface area contributed by atoms with Crippen LogP contribution >= 0.6 is 11.3 Å². The summed E-state index contributed by atoms with van der Waals surface area (Å²) in [6, 6.07) is 9.34. The number of ketones is 1. The molecule has 0 amide bonds. The number of hydrogen-bond donors (Lipinski definition) is 1. The van der Waals surface area contributed by atoms with Crippen LogP contribution in [0.4, 0.5) is 11.4 Å². The highest BCUT2D eigenvalue weighted by molar-refractivity contribution is 7.12. The highest BCUT2D eigenvalue weighted by Gasteiger charge is 2.26. The number of anilines is 2. The monoisotopic (exact) mass is 288 g/mol. The van der Waals surface area contributed by atoms with Gasteiger partial charge in [0.15, 0.2) is 5.78 Å². The molecule has 1 aliphatic rings. The van der Waals surface area contributed by atoms with E-state index in [0.717, 1.165) is 16.3 Å². The molecule has 0 aliphatic carbocycles. The zero-order valence-corrected chi connectivity index (χ0v) is 12.0. The summed E-state index contributed by atoms with van der Waals surface area (Å²) in [4.78, 5) is 15.1. The van der Waals surface area contributed by atoms with Gasteiger partial charge in [-0.3, -0.25) is 4.79 Å². The highest BCUT2D eigenvalue weighted by atomic mass is 32.1. The van der Waals surface area contributed by atoms with E-state index in [-0.39, 0.29) is 11.9 Å². The molecule has 0 fully saturated rings. The summed E-state index contributed by atoms with van der Waals surface area (Å²) in [5.41, 5.74) is 7.52. The van der Waals surface area contributed by atoms with Crippen LogP contribution < -0.4 is 15.4 Å². The number of carbonyl (C=O) groups excluding carboxylic acids is 1. The Balaban J connectivity index is 1.89. The van der Waals surface area contributed by atoms with Crippen LogP contribution in [0.15, 0.2) is 35.7 Å². The summed E-state index contributed by atoms with van der Waals surface area (Å²) >= 11 is 1.47. The number of para-hydroxylation sites is 1. The third-order valence-electron chi connectivity index (χ3n) is 3.28. The molecule has 20 heavy (non-hydrogen) atoms. The minimum atomic E-state index is 0.0421. The van der Waals surface area contributed by atoms with Crippen molar-refractivity contribution in [1.29, 1.82) is 0 Å². The maximum absolute atomic E-state index is 12.3. The van der Waals surface area contributed by atoms with Gasteiger partial charge in [0.05, 0.1) is 23.7 Å². The first-order valence-corrected chi connectivity index (χ1v) is 7.40. The van der Waals surface area contributed by atoms with Gasteiger partial charge in [-0.2, -0.15) is 0 Å². The average Bonchev–Trinajstić information content (AvgIpc) is 2.92. The molecule has 1 aromatic carbocycles. The van der Waals surface area contributed by atoms with E-state index < -0.39 is 0 Å².